The van der Waals surface area contributed by atoms with Gasteiger partial charge in [-0.25, -0.2) is 4.68 Å². The number of nitrogens with zero attached hydrogens (tertiary/aromatic N) is 5. The van der Waals surface area contributed by atoms with Crippen LogP contribution in [0.25, 0.3) is 0 Å². The maximum atomic E-state index is 12.6. The van der Waals surface area contributed by atoms with Gasteiger partial charge in [0.1, 0.15) is 12.3 Å². The Kier molecular flexibility index (Phi) is 5.63. The first-order valence-electron chi connectivity index (χ1n) is 7.65. The molecule has 3 rings (SSSR count). The summed E-state index contributed by atoms with van der Waals surface area (Å²) in [6.07, 6.45) is 3.31. The number of thioether (sulfide) groups is 1. The molecule has 8 heteroatoms. The zero-order chi connectivity index (χ0) is 17.5. The number of carbonyl (C=O) groups excluding carboxylic acids is 1. The van der Waals surface area contributed by atoms with Crippen LogP contribution in [0.1, 0.15) is 5.76 Å². The summed E-state index contributed by atoms with van der Waals surface area (Å²) < 4.78 is 6.91. The van der Waals surface area contributed by atoms with Crippen LogP contribution >= 0.6 is 11.8 Å². The number of benzene rings is 1. The van der Waals surface area contributed by atoms with E-state index in [4.69, 9.17) is 4.42 Å². The Balaban J connectivity index is 1.65. The molecule has 128 valence electrons. The van der Waals surface area contributed by atoms with Crippen molar-refractivity contribution in [3.63, 3.8) is 0 Å². The van der Waals surface area contributed by atoms with E-state index in [-0.39, 0.29) is 11.7 Å². The highest BCUT2D eigenvalue weighted by molar-refractivity contribution is 7.99. The Labute approximate surface area is 149 Å². The monoisotopic (exact) mass is 355 g/mol. The van der Waals surface area contributed by atoms with Crippen LogP contribution in [0.5, 0.6) is 0 Å². The highest BCUT2D eigenvalue weighted by Crippen LogP contribution is 2.19. The summed E-state index contributed by atoms with van der Waals surface area (Å²) in [7, 11) is 0. The first-order valence-corrected chi connectivity index (χ1v) is 8.64. The smallest absolute Gasteiger partial charge is 0.237 e. The second-order valence-corrected chi connectivity index (χ2v) is 6.06. The summed E-state index contributed by atoms with van der Waals surface area (Å²) in [4.78, 5) is 14.3. The molecule has 0 atom stereocenters. The van der Waals surface area contributed by atoms with E-state index in [9.17, 15) is 4.79 Å². The zero-order valence-electron chi connectivity index (χ0n) is 13.5. The standard InChI is InChI=1S/C17H17N5O2S/c1-2-10-21(14-7-4-3-5-8-14)16(23)13-25-17-18-19-20-22(17)12-15-9-6-11-24-15/h2-9,11H,1,10,12-13H2. The Morgan fingerprint density at radius 2 is 2.12 bits per heavy atom. The Bertz CT molecular complexity index is 817. The van der Waals surface area contributed by atoms with Crippen molar-refractivity contribution in [2.24, 2.45) is 0 Å². The third kappa shape index (κ3) is 4.36. The molecular formula is C17H17N5O2S. The van der Waals surface area contributed by atoms with E-state index >= 15 is 0 Å². The summed E-state index contributed by atoms with van der Waals surface area (Å²) in [5, 5.41) is 12.2. The van der Waals surface area contributed by atoms with Crippen LogP contribution in [0.4, 0.5) is 5.69 Å². The van der Waals surface area contributed by atoms with Crippen LogP contribution in [0.3, 0.4) is 0 Å². The highest BCUT2D eigenvalue weighted by atomic mass is 32.2. The van der Waals surface area contributed by atoms with E-state index in [2.05, 4.69) is 22.1 Å². The molecule has 0 aliphatic carbocycles. The number of furan rings is 1. The molecule has 0 saturated heterocycles. The van der Waals surface area contributed by atoms with Crippen molar-refractivity contribution in [1.29, 1.82) is 0 Å². The van der Waals surface area contributed by atoms with E-state index in [1.807, 2.05) is 42.5 Å². The van der Waals surface area contributed by atoms with Crippen LogP contribution in [0.15, 0.2) is 71.0 Å². The summed E-state index contributed by atoms with van der Waals surface area (Å²) in [6, 6.07) is 13.2. The number of tetrazole rings is 1. The molecule has 7 nitrogen and oxygen atoms in total. The summed E-state index contributed by atoms with van der Waals surface area (Å²) in [5.74, 6) is 0.933. The summed E-state index contributed by atoms with van der Waals surface area (Å²) in [5.41, 5.74) is 0.836. The number of hydrogen-bond acceptors (Lipinski definition) is 6. The first kappa shape index (κ1) is 17.0. The normalized spacial score (nSPS) is 10.6. The molecular weight excluding hydrogens is 338 g/mol. The minimum Gasteiger partial charge on any atom is -0.467 e. The van der Waals surface area contributed by atoms with Crippen molar-refractivity contribution in [2.75, 3.05) is 17.2 Å². The van der Waals surface area contributed by atoms with Crippen molar-refractivity contribution < 1.29 is 9.21 Å². The first-order chi connectivity index (χ1) is 12.3. The van der Waals surface area contributed by atoms with Crippen molar-refractivity contribution >= 4 is 23.4 Å². The van der Waals surface area contributed by atoms with Crippen LogP contribution in [-0.2, 0) is 11.3 Å². The SMILES string of the molecule is C=CCN(C(=O)CSc1nnnn1Cc1ccco1)c1ccccc1. The van der Waals surface area contributed by atoms with Gasteiger partial charge in [-0.1, -0.05) is 36.0 Å². The number of amides is 1. The van der Waals surface area contributed by atoms with Crippen molar-refractivity contribution in [1.82, 2.24) is 20.2 Å². The maximum Gasteiger partial charge on any atom is 0.237 e. The minimum absolute atomic E-state index is 0.0383. The van der Waals surface area contributed by atoms with Gasteiger partial charge in [0.15, 0.2) is 0 Å². The lowest BCUT2D eigenvalue weighted by molar-refractivity contribution is -0.116. The third-order valence-corrected chi connectivity index (χ3v) is 4.33. The molecule has 2 aromatic heterocycles. The van der Waals surface area contributed by atoms with Gasteiger partial charge in [0.2, 0.25) is 11.1 Å². The zero-order valence-corrected chi connectivity index (χ0v) is 14.3. The van der Waals surface area contributed by atoms with Gasteiger partial charge in [0, 0.05) is 12.2 Å². The molecule has 1 amide bonds. The fourth-order valence-corrected chi connectivity index (χ4v) is 2.99. The van der Waals surface area contributed by atoms with Gasteiger partial charge >= 0.3 is 0 Å². The van der Waals surface area contributed by atoms with Gasteiger partial charge < -0.3 is 9.32 Å². The second-order valence-electron chi connectivity index (χ2n) is 5.12. The Morgan fingerprint density at radius 1 is 1.28 bits per heavy atom. The minimum atomic E-state index is -0.0383. The molecule has 2 heterocycles. The predicted molar refractivity (Wildman–Crippen MR) is 95.3 cm³/mol. The van der Waals surface area contributed by atoms with Gasteiger partial charge in [-0.05, 0) is 34.7 Å². The third-order valence-electron chi connectivity index (χ3n) is 3.39. The Hall–Kier alpha value is -2.87. The molecule has 0 aliphatic heterocycles. The van der Waals surface area contributed by atoms with Crippen LogP contribution in [-0.4, -0.2) is 38.4 Å². The molecule has 0 aliphatic rings. The van der Waals surface area contributed by atoms with Gasteiger partial charge in [-0.2, -0.15) is 0 Å². The average molecular weight is 355 g/mol. The van der Waals surface area contributed by atoms with Crippen molar-refractivity contribution in [3.8, 4) is 0 Å². The molecule has 1 aromatic carbocycles. The Morgan fingerprint density at radius 3 is 2.84 bits per heavy atom. The molecule has 0 saturated carbocycles. The number of carbonyl (C=O) groups is 1. The molecule has 0 spiro atoms. The van der Waals surface area contributed by atoms with Gasteiger partial charge in [0.05, 0.1) is 12.0 Å². The average Bonchev–Trinajstić information content (AvgIpc) is 3.31. The van der Waals surface area contributed by atoms with Crippen LogP contribution in [0, 0.1) is 0 Å². The molecule has 0 unspecified atom stereocenters. The second kappa shape index (κ2) is 8.29. The largest absolute Gasteiger partial charge is 0.467 e. The molecule has 0 radical (unpaired) electrons. The van der Waals surface area contributed by atoms with E-state index in [0.29, 0.717) is 18.2 Å². The fourth-order valence-electron chi connectivity index (χ4n) is 2.24. The van der Waals surface area contributed by atoms with Gasteiger partial charge in [-0.3, -0.25) is 4.79 Å². The van der Waals surface area contributed by atoms with E-state index in [1.54, 1.807) is 21.9 Å². The molecule has 25 heavy (non-hydrogen) atoms. The molecule has 3 aromatic rings. The summed E-state index contributed by atoms with van der Waals surface area (Å²) >= 11 is 1.29. The number of anilines is 1. The molecule has 0 N–H and O–H groups in total. The number of rotatable bonds is 8. The van der Waals surface area contributed by atoms with E-state index < -0.39 is 0 Å². The van der Waals surface area contributed by atoms with Crippen molar-refractivity contribution in [3.05, 3.63) is 67.1 Å². The maximum absolute atomic E-state index is 12.6. The van der Waals surface area contributed by atoms with Gasteiger partial charge in [0.25, 0.3) is 0 Å². The van der Waals surface area contributed by atoms with Gasteiger partial charge in [-0.15, -0.1) is 11.7 Å². The highest BCUT2D eigenvalue weighted by Gasteiger charge is 2.17. The lowest BCUT2D eigenvalue weighted by Gasteiger charge is -2.20. The lowest BCUT2D eigenvalue weighted by atomic mass is 10.3. The number of para-hydroxylation sites is 1. The number of hydrogen-bond donors (Lipinski definition) is 0. The summed E-state index contributed by atoms with van der Waals surface area (Å²) in [6.45, 7) is 4.59. The fraction of sp³-hybridized carbons (Fsp3) is 0.176. The molecule has 0 fully saturated rings. The molecule has 0 bridgehead atoms. The lowest BCUT2D eigenvalue weighted by Crippen LogP contribution is -2.32. The van der Waals surface area contributed by atoms with E-state index in [0.717, 1.165) is 11.4 Å². The van der Waals surface area contributed by atoms with Crippen molar-refractivity contribution in [2.45, 2.75) is 11.7 Å². The predicted octanol–water partition coefficient (Wildman–Crippen LogP) is 2.63. The van der Waals surface area contributed by atoms with Crippen LogP contribution < -0.4 is 4.90 Å². The number of aromatic nitrogens is 4. The topological polar surface area (TPSA) is 77.1 Å². The van der Waals surface area contributed by atoms with E-state index in [1.165, 1.54) is 11.8 Å². The quantitative estimate of drug-likeness (QED) is 0.457. The van der Waals surface area contributed by atoms with Crippen LogP contribution in [0.2, 0.25) is 0 Å².